The summed E-state index contributed by atoms with van der Waals surface area (Å²) in [6.45, 7) is 2.84. The van der Waals surface area contributed by atoms with Crippen molar-refractivity contribution >= 4 is 50.7 Å². The molecule has 3 rings (SSSR count). The Balaban J connectivity index is 1.60. The van der Waals surface area contributed by atoms with Gasteiger partial charge >= 0.3 is 0 Å². The number of thiophene rings is 1. The molecule has 0 saturated heterocycles. The normalized spacial score (nSPS) is 11.1. The SMILES string of the molecule is CCCCCNC(=O)CSc1nnc(-c2sc3ccccc3c2Cl)o1. The standard InChI is InChI=1S/C17H18ClN3O2S2/c1-2-3-6-9-19-13(22)10-24-17-21-20-16(23-17)15-14(18)11-7-4-5-8-12(11)25-15/h4-5,7-8H,2-3,6,9-10H2,1H3,(H,19,22). The first kappa shape index (κ1) is 18.2. The minimum atomic E-state index is -0.0271. The highest BCUT2D eigenvalue weighted by Crippen LogP contribution is 2.41. The summed E-state index contributed by atoms with van der Waals surface area (Å²) in [5, 5.41) is 12.9. The van der Waals surface area contributed by atoms with E-state index in [2.05, 4.69) is 22.4 Å². The molecule has 0 atom stereocenters. The van der Waals surface area contributed by atoms with Crippen molar-refractivity contribution in [2.75, 3.05) is 12.3 Å². The van der Waals surface area contributed by atoms with E-state index in [0.29, 0.717) is 22.7 Å². The Morgan fingerprint density at radius 1 is 1.32 bits per heavy atom. The van der Waals surface area contributed by atoms with E-state index < -0.39 is 0 Å². The molecule has 0 aliphatic heterocycles. The lowest BCUT2D eigenvalue weighted by atomic mass is 10.2. The molecule has 1 amide bonds. The number of aromatic nitrogens is 2. The van der Waals surface area contributed by atoms with Crippen LogP contribution in [0.5, 0.6) is 0 Å². The predicted octanol–water partition coefficient (Wildman–Crippen LogP) is 5.00. The van der Waals surface area contributed by atoms with E-state index in [1.165, 1.54) is 23.1 Å². The van der Waals surface area contributed by atoms with Crippen molar-refractivity contribution in [2.24, 2.45) is 0 Å². The van der Waals surface area contributed by atoms with Crippen LogP contribution in [0.3, 0.4) is 0 Å². The van der Waals surface area contributed by atoms with Gasteiger partial charge in [-0.2, -0.15) is 0 Å². The summed E-state index contributed by atoms with van der Waals surface area (Å²) in [7, 11) is 0. The van der Waals surface area contributed by atoms with Gasteiger partial charge in [0.05, 0.1) is 10.8 Å². The van der Waals surface area contributed by atoms with E-state index in [0.717, 1.165) is 34.2 Å². The molecule has 0 saturated carbocycles. The van der Waals surface area contributed by atoms with Gasteiger partial charge in [-0.15, -0.1) is 21.5 Å². The lowest BCUT2D eigenvalue weighted by molar-refractivity contribution is -0.118. The fourth-order valence-electron chi connectivity index (χ4n) is 2.29. The third-order valence-corrected chi connectivity index (χ3v) is 6.05. The van der Waals surface area contributed by atoms with Gasteiger partial charge < -0.3 is 9.73 Å². The van der Waals surface area contributed by atoms with E-state index in [1.54, 1.807) is 0 Å². The van der Waals surface area contributed by atoms with Crippen molar-refractivity contribution in [2.45, 2.75) is 31.4 Å². The van der Waals surface area contributed by atoms with Crippen LogP contribution in [-0.2, 0) is 4.79 Å². The average Bonchev–Trinajstić information content (AvgIpc) is 3.22. The summed E-state index contributed by atoms with van der Waals surface area (Å²) in [4.78, 5) is 12.5. The zero-order valence-corrected chi connectivity index (χ0v) is 16.1. The number of fused-ring (bicyclic) bond motifs is 1. The molecule has 1 aromatic carbocycles. The lowest BCUT2D eigenvalue weighted by Crippen LogP contribution is -2.26. The van der Waals surface area contributed by atoms with Crippen LogP contribution in [0.25, 0.3) is 20.9 Å². The first-order valence-electron chi connectivity index (χ1n) is 8.09. The molecule has 8 heteroatoms. The number of thioether (sulfide) groups is 1. The Hall–Kier alpha value is -1.57. The molecule has 5 nitrogen and oxygen atoms in total. The number of benzene rings is 1. The summed E-state index contributed by atoms with van der Waals surface area (Å²) in [5.74, 6) is 0.617. The van der Waals surface area contributed by atoms with Crippen LogP contribution in [0.1, 0.15) is 26.2 Å². The van der Waals surface area contributed by atoms with Crippen LogP contribution in [0, 0.1) is 0 Å². The molecule has 0 aliphatic carbocycles. The van der Waals surface area contributed by atoms with Crippen LogP contribution >= 0.6 is 34.7 Å². The Bertz CT molecular complexity index is 863. The Morgan fingerprint density at radius 2 is 2.16 bits per heavy atom. The molecule has 2 heterocycles. The third kappa shape index (κ3) is 4.54. The summed E-state index contributed by atoms with van der Waals surface area (Å²) in [6, 6.07) is 7.88. The molecule has 0 spiro atoms. The second-order valence-electron chi connectivity index (χ2n) is 5.46. The fraction of sp³-hybridized carbons (Fsp3) is 0.353. The summed E-state index contributed by atoms with van der Waals surface area (Å²) in [5.41, 5.74) is 0. The maximum Gasteiger partial charge on any atom is 0.277 e. The Labute approximate surface area is 159 Å². The van der Waals surface area contributed by atoms with Crippen LogP contribution in [0.15, 0.2) is 33.9 Å². The smallest absolute Gasteiger partial charge is 0.277 e. The molecule has 1 N–H and O–H groups in total. The minimum Gasteiger partial charge on any atom is -0.410 e. The second kappa shape index (κ2) is 8.69. The number of nitrogens with zero attached hydrogens (tertiary/aromatic N) is 2. The minimum absolute atomic E-state index is 0.0271. The predicted molar refractivity (Wildman–Crippen MR) is 103 cm³/mol. The number of nitrogens with one attached hydrogen (secondary N) is 1. The molecule has 0 radical (unpaired) electrons. The van der Waals surface area contributed by atoms with Crippen molar-refractivity contribution in [3.8, 4) is 10.8 Å². The highest BCUT2D eigenvalue weighted by molar-refractivity contribution is 7.99. The first-order valence-corrected chi connectivity index (χ1v) is 10.3. The molecule has 0 aliphatic rings. The highest BCUT2D eigenvalue weighted by Gasteiger charge is 2.18. The van der Waals surface area contributed by atoms with Crippen LogP contribution in [0.4, 0.5) is 0 Å². The molecule has 132 valence electrons. The molecular weight excluding hydrogens is 378 g/mol. The average molecular weight is 396 g/mol. The number of rotatable bonds is 8. The summed E-state index contributed by atoms with van der Waals surface area (Å²) in [6.07, 6.45) is 3.26. The van der Waals surface area contributed by atoms with Crippen molar-refractivity contribution in [1.29, 1.82) is 0 Å². The quantitative estimate of drug-likeness (QED) is 0.429. The molecule has 0 unspecified atom stereocenters. The maximum atomic E-state index is 11.8. The zero-order chi connectivity index (χ0) is 17.6. The van der Waals surface area contributed by atoms with E-state index in [1.807, 2.05) is 24.3 Å². The highest BCUT2D eigenvalue weighted by atomic mass is 35.5. The van der Waals surface area contributed by atoms with Crippen LogP contribution in [-0.4, -0.2) is 28.4 Å². The van der Waals surface area contributed by atoms with Crippen molar-refractivity contribution < 1.29 is 9.21 Å². The van der Waals surface area contributed by atoms with Gasteiger partial charge in [0.1, 0.15) is 4.88 Å². The van der Waals surface area contributed by atoms with Gasteiger partial charge in [-0.3, -0.25) is 4.79 Å². The number of carbonyl (C=O) groups is 1. The number of unbranched alkanes of at least 4 members (excludes halogenated alkanes) is 2. The second-order valence-corrected chi connectivity index (χ2v) is 7.82. The van der Waals surface area contributed by atoms with Gasteiger partial charge in [0.2, 0.25) is 5.91 Å². The van der Waals surface area contributed by atoms with Crippen molar-refractivity contribution in [1.82, 2.24) is 15.5 Å². The summed E-state index contributed by atoms with van der Waals surface area (Å²) < 4.78 is 6.73. The molecule has 0 bridgehead atoms. The van der Waals surface area contributed by atoms with Crippen LogP contribution < -0.4 is 5.32 Å². The number of amides is 1. The molecule has 0 fully saturated rings. The van der Waals surface area contributed by atoms with Crippen molar-refractivity contribution in [3.05, 3.63) is 29.3 Å². The van der Waals surface area contributed by atoms with E-state index >= 15 is 0 Å². The Morgan fingerprint density at radius 3 is 2.96 bits per heavy atom. The van der Waals surface area contributed by atoms with Gasteiger partial charge in [0, 0.05) is 16.6 Å². The Kier molecular flexibility index (Phi) is 6.34. The van der Waals surface area contributed by atoms with Crippen LogP contribution in [0.2, 0.25) is 5.02 Å². The van der Waals surface area contributed by atoms with E-state index in [4.69, 9.17) is 16.0 Å². The number of halogens is 1. The zero-order valence-electron chi connectivity index (χ0n) is 13.8. The number of hydrogen-bond acceptors (Lipinski definition) is 6. The van der Waals surface area contributed by atoms with Gasteiger partial charge in [0.25, 0.3) is 11.1 Å². The fourth-order valence-corrected chi connectivity index (χ4v) is 4.32. The number of carbonyl (C=O) groups excluding carboxylic acids is 1. The molecule has 25 heavy (non-hydrogen) atoms. The molecule has 2 aromatic heterocycles. The largest absolute Gasteiger partial charge is 0.410 e. The van der Waals surface area contributed by atoms with Gasteiger partial charge in [-0.05, 0) is 12.5 Å². The lowest BCUT2D eigenvalue weighted by Gasteiger charge is -2.02. The summed E-state index contributed by atoms with van der Waals surface area (Å²) >= 11 is 9.17. The third-order valence-electron chi connectivity index (χ3n) is 3.56. The number of hydrogen-bond donors (Lipinski definition) is 1. The topological polar surface area (TPSA) is 68.0 Å². The monoisotopic (exact) mass is 395 g/mol. The maximum absolute atomic E-state index is 11.8. The molecular formula is C17H18ClN3O2S2. The molecule has 3 aromatic rings. The first-order chi connectivity index (χ1) is 12.2. The van der Waals surface area contributed by atoms with Gasteiger partial charge in [0.15, 0.2) is 0 Å². The van der Waals surface area contributed by atoms with E-state index in [9.17, 15) is 4.79 Å². The van der Waals surface area contributed by atoms with Gasteiger partial charge in [-0.25, -0.2) is 0 Å². The van der Waals surface area contributed by atoms with Gasteiger partial charge in [-0.1, -0.05) is 61.3 Å². The van der Waals surface area contributed by atoms with Crippen molar-refractivity contribution in [3.63, 3.8) is 0 Å². The van der Waals surface area contributed by atoms with E-state index in [-0.39, 0.29) is 11.7 Å².